The lowest BCUT2D eigenvalue weighted by atomic mass is 10.1. The number of fused-ring (bicyclic) bond motifs is 1. The molecular weight excluding hydrogens is 442 g/mol. The van der Waals surface area contributed by atoms with E-state index in [1.807, 2.05) is 48.5 Å². The number of rotatable bonds is 5. The van der Waals surface area contributed by atoms with Gasteiger partial charge in [-0.2, -0.15) is 0 Å². The Morgan fingerprint density at radius 3 is 2.56 bits per heavy atom. The van der Waals surface area contributed by atoms with Crippen LogP contribution in [0.4, 0.5) is 0 Å². The van der Waals surface area contributed by atoms with E-state index >= 15 is 0 Å². The highest BCUT2D eigenvalue weighted by atomic mass is 35.5. The molecule has 32 heavy (non-hydrogen) atoms. The summed E-state index contributed by atoms with van der Waals surface area (Å²) in [6, 6.07) is 23.2. The highest BCUT2D eigenvalue weighted by molar-refractivity contribution is 7.15. The smallest absolute Gasteiger partial charge is 0.276 e. The first kappa shape index (κ1) is 20.4. The fourth-order valence-corrected chi connectivity index (χ4v) is 4.52. The Hall–Kier alpha value is -3.48. The predicted molar refractivity (Wildman–Crippen MR) is 128 cm³/mol. The van der Waals surface area contributed by atoms with Crippen molar-refractivity contribution >= 4 is 34.0 Å². The van der Waals surface area contributed by atoms with Crippen LogP contribution in [-0.2, 0) is 6.61 Å². The summed E-state index contributed by atoms with van der Waals surface area (Å²) in [5.74, 6) is 1.15. The molecule has 0 amide bonds. The number of para-hydroxylation sites is 1. The van der Waals surface area contributed by atoms with Gasteiger partial charge in [-0.1, -0.05) is 83.1 Å². The van der Waals surface area contributed by atoms with Crippen LogP contribution in [0.3, 0.4) is 0 Å². The molecule has 0 fully saturated rings. The molecule has 0 saturated carbocycles. The van der Waals surface area contributed by atoms with Gasteiger partial charge in [-0.3, -0.25) is 4.79 Å². The number of hydrogen-bond donors (Lipinski definition) is 0. The molecule has 0 radical (unpaired) electrons. The standard InChI is InChI=1S/C25H18ClN3O2S/c1-16-10-12-17(13-11-16)15-31-21-9-5-2-6-18(21)14-22-24(30)29-23(27-28-25(29)32-22)19-7-3-4-8-20(19)26/h2-14H,15H2,1H3. The molecule has 5 nitrogen and oxygen atoms in total. The van der Waals surface area contributed by atoms with E-state index in [0.717, 1.165) is 11.1 Å². The van der Waals surface area contributed by atoms with Gasteiger partial charge in [0.15, 0.2) is 5.82 Å². The molecule has 0 aliphatic heterocycles. The topological polar surface area (TPSA) is 56.5 Å². The highest BCUT2D eigenvalue weighted by Crippen LogP contribution is 2.26. The van der Waals surface area contributed by atoms with Crippen molar-refractivity contribution in [2.24, 2.45) is 0 Å². The van der Waals surface area contributed by atoms with Gasteiger partial charge in [-0.15, -0.1) is 10.2 Å². The van der Waals surface area contributed by atoms with Crippen LogP contribution in [0.15, 0.2) is 77.6 Å². The number of aromatic nitrogens is 3. The van der Waals surface area contributed by atoms with Gasteiger partial charge in [-0.05, 0) is 36.8 Å². The third-order valence-corrected chi connectivity index (χ3v) is 6.37. The highest BCUT2D eigenvalue weighted by Gasteiger charge is 2.16. The zero-order chi connectivity index (χ0) is 22.1. The molecular formula is C25H18ClN3O2S. The number of hydrogen-bond acceptors (Lipinski definition) is 5. The van der Waals surface area contributed by atoms with Gasteiger partial charge in [0.1, 0.15) is 12.4 Å². The molecule has 2 heterocycles. The van der Waals surface area contributed by atoms with Gasteiger partial charge in [0.25, 0.3) is 5.56 Å². The van der Waals surface area contributed by atoms with E-state index in [4.69, 9.17) is 16.3 Å². The molecule has 5 rings (SSSR count). The third-order valence-electron chi connectivity index (χ3n) is 5.08. The summed E-state index contributed by atoms with van der Waals surface area (Å²) in [5.41, 5.74) is 3.61. The molecule has 7 heteroatoms. The van der Waals surface area contributed by atoms with Gasteiger partial charge in [0, 0.05) is 11.1 Å². The Morgan fingerprint density at radius 2 is 1.75 bits per heavy atom. The normalized spacial score (nSPS) is 11.9. The molecule has 0 atom stereocenters. The maximum atomic E-state index is 13.2. The monoisotopic (exact) mass is 459 g/mol. The average molecular weight is 460 g/mol. The molecule has 0 spiro atoms. The summed E-state index contributed by atoms with van der Waals surface area (Å²) >= 11 is 7.60. The largest absolute Gasteiger partial charge is 0.488 e. The summed E-state index contributed by atoms with van der Waals surface area (Å²) in [5, 5.41) is 8.89. The van der Waals surface area contributed by atoms with E-state index in [-0.39, 0.29) is 5.56 Å². The zero-order valence-electron chi connectivity index (χ0n) is 17.2. The van der Waals surface area contributed by atoms with Crippen LogP contribution in [0, 0.1) is 6.92 Å². The Bertz CT molecular complexity index is 1520. The van der Waals surface area contributed by atoms with E-state index in [1.54, 1.807) is 6.07 Å². The minimum absolute atomic E-state index is 0.182. The lowest BCUT2D eigenvalue weighted by molar-refractivity contribution is 0.305. The molecule has 2 aromatic heterocycles. The van der Waals surface area contributed by atoms with E-state index in [1.165, 1.54) is 21.3 Å². The second-order valence-electron chi connectivity index (χ2n) is 7.35. The minimum Gasteiger partial charge on any atom is -0.488 e. The summed E-state index contributed by atoms with van der Waals surface area (Å²) in [4.78, 5) is 13.7. The fraction of sp³-hybridized carbons (Fsp3) is 0.0800. The second-order valence-corrected chi connectivity index (χ2v) is 8.77. The van der Waals surface area contributed by atoms with Crippen molar-refractivity contribution in [3.8, 4) is 17.1 Å². The maximum Gasteiger partial charge on any atom is 0.276 e. The molecule has 158 valence electrons. The van der Waals surface area contributed by atoms with Crippen LogP contribution >= 0.6 is 22.9 Å². The lowest BCUT2D eigenvalue weighted by Gasteiger charge is -2.09. The van der Waals surface area contributed by atoms with Crippen molar-refractivity contribution in [3.63, 3.8) is 0 Å². The van der Waals surface area contributed by atoms with Crippen molar-refractivity contribution in [2.75, 3.05) is 0 Å². The Balaban J connectivity index is 1.53. The van der Waals surface area contributed by atoms with Crippen LogP contribution in [0.25, 0.3) is 22.4 Å². The van der Waals surface area contributed by atoms with Crippen molar-refractivity contribution in [1.82, 2.24) is 14.6 Å². The maximum absolute atomic E-state index is 13.2. The first-order chi connectivity index (χ1) is 15.6. The number of benzene rings is 3. The lowest BCUT2D eigenvalue weighted by Crippen LogP contribution is -2.23. The van der Waals surface area contributed by atoms with E-state index in [2.05, 4.69) is 41.4 Å². The van der Waals surface area contributed by atoms with Crippen molar-refractivity contribution in [3.05, 3.63) is 109 Å². The summed E-state index contributed by atoms with van der Waals surface area (Å²) in [7, 11) is 0. The van der Waals surface area contributed by atoms with E-state index < -0.39 is 0 Å². The third kappa shape index (κ3) is 3.90. The second kappa shape index (κ2) is 8.57. The predicted octanol–water partition coefficient (Wildman–Crippen LogP) is 4.91. The van der Waals surface area contributed by atoms with Crippen LogP contribution in [0.5, 0.6) is 5.75 Å². The van der Waals surface area contributed by atoms with Gasteiger partial charge in [0.2, 0.25) is 4.96 Å². The molecule has 0 saturated heterocycles. The molecule has 0 aliphatic carbocycles. The summed E-state index contributed by atoms with van der Waals surface area (Å²) in [6.07, 6.45) is 1.84. The number of aryl methyl sites for hydroxylation is 1. The molecule has 0 aliphatic rings. The van der Waals surface area contributed by atoms with Crippen molar-refractivity contribution in [2.45, 2.75) is 13.5 Å². The van der Waals surface area contributed by atoms with E-state index in [0.29, 0.717) is 38.3 Å². The van der Waals surface area contributed by atoms with E-state index in [9.17, 15) is 4.79 Å². The summed E-state index contributed by atoms with van der Waals surface area (Å²) < 4.78 is 8.12. The molecule has 0 bridgehead atoms. The quantitative estimate of drug-likeness (QED) is 0.375. The Kier molecular flexibility index (Phi) is 5.47. The fourth-order valence-electron chi connectivity index (χ4n) is 3.40. The number of nitrogens with zero attached hydrogens (tertiary/aromatic N) is 3. The SMILES string of the molecule is Cc1ccc(COc2ccccc2C=c2sc3nnc(-c4ccccc4Cl)n3c2=O)cc1. The van der Waals surface area contributed by atoms with Gasteiger partial charge >= 0.3 is 0 Å². The first-order valence-electron chi connectivity index (χ1n) is 10.0. The molecule has 0 N–H and O–H groups in total. The Morgan fingerprint density at radius 1 is 1.00 bits per heavy atom. The van der Waals surface area contributed by atoms with Crippen molar-refractivity contribution in [1.29, 1.82) is 0 Å². The van der Waals surface area contributed by atoms with Crippen LogP contribution < -0.4 is 14.8 Å². The van der Waals surface area contributed by atoms with Gasteiger partial charge in [0.05, 0.1) is 9.55 Å². The molecule has 0 unspecified atom stereocenters. The van der Waals surface area contributed by atoms with Gasteiger partial charge < -0.3 is 4.74 Å². The first-order valence-corrected chi connectivity index (χ1v) is 11.2. The minimum atomic E-state index is -0.182. The number of halogens is 1. The summed E-state index contributed by atoms with van der Waals surface area (Å²) in [6.45, 7) is 2.50. The van der Waals surface area contributed by atoms with Crippen LogP contribution in [0.1, 0.15) is 16.7 Å². The average Bonchev–Trinajstić information content (AvgIpc) is 3.35. The molecule has 3 aromatic carbocycles. The number of ether oxygens (including phenoxy) is 1. The molecule has 5 aromatic rings. The van der Waals surface area contributed by atoms with Gasteiger partial charge in [-0.25, -0.2) is 4.40 Å². The van der Waals surface area contributed by atoms with Crippen LogP contribution in [0.2, 0.25) is 5.02 Å². The van der Waals surface area contributed by atoms with Crippen LogP contribution in [-0.4, -0.2) is 14.6 Å². The Labute approximate surface area is 193 Å². The van der Waals surface area contributed by atoms with Crippen molar-refractivity contribution < 1.29 is 4.74 Å². The zero-order valence-corrected chi connectivity index (χ0v) is 18.7. The number of thiazole rings is 1.